The number of carboxylic acid groups (broad SMARTS) is 1. The average molecular weight is 214 g/mol. The molecule has 14 heavy (non-hydrogen) atoms. The maximum absolute atomic E-state index is 10.8. The number of hydrogen-bond donors (Lipinski definition) is 2. The van der Waals surface area contributed by atoms with E-state index in [0.29, 0.717) is 13.1 Å². The third-order valence-electron chi connectivity index (χ3n) is 1.93. The topological polar surface area (TPSA) is 62.2 Å². The van der Waals surface area contributed by atoms with Gasteiger partial charge in [-0.2, -0.15) is 0 Å². The molecule has 0 spiro atoms. The first-order valence-corrected chi connectivity index (χ1v) is 5.22. The first-order chi connectivity index (χ1) is 6.52. The van der Waals surface area contributed by atoms with Crippen molar-refractivity contribution < 1.29 is 9.90 Å². The van der Waals surface area contributed by atoms with Crippen molar-refractivity contribution in [3.8, 4) is 0 Å². The molecule has 1 rings (SSSR count). The minimum atomic E-state index is -0.783. The molecule has 5 heteroatoms. The second kappa shape index (κ2) is 4.52. The van der Waals surface area contributed by atoms with E-state index >= 15 is 0 Å². The van der Waals surface area contributed by atoms with Gasteiger partial charge in [0.15, 0.2) is 0 Å². The molecule has 0 atom stereocenters. The van der Waals surface area contributed by atoms with Crippen LogP contribution in [0, 0.1) is 5.41 Å². The van der Waals surface area contributed by atoms with Gasteiger partial charge >= 0.3 is 5.97 Å². The van der Waals surface area contributed by atoms with Crippen molar-refractivity contribution in [1.29, 1.82) is 0 Å². The number of aromatic nitrogens is 1. The lowest BCUT2D eigenvalue weighted by molar-refractivity contribution is -0.146. The van der Waals surface area contributed by atoms with E-state index in [4.69, 9.17) is 5.11 Å². The molecule has 1 aromatic rings. The molecular weight excluding hydrogens is 200 g/mol. The molecule has 0 unspecified atom stereocenters. The molecule has 4 nitrogen and oxygen atoms in total. The van der Waals surface area contributed by atoms with Crippen LogP contribution in [0.5, 0.6) is 0 Å². The fourth-order valence-corrected chi connectivity index (χ4v) is 1.47. The molecule has 0 saturated carbocycles. The SMILES string of the molecule is CC(C)(CNCc1cncs1)C(=O)O. The Balaban J connectivity index is 2.31. The fraction of sp³-hybridized carbons (Fsp3) is 0.556. The summed E-state index contributed by atoms with van der Waals surface area (Å²) in [7, 11) is 0. The summed E-state index contributed by atoms with van der Waals surface area (Å²) >= 11 is 1.56. The molecule has 0 aliphatic heterocycles. The van der Waals surface area contributed by atoms with E-state index in [0.717, 1.165) is 4.88 Å². The summed E-state index contributed by atoms with van der Waals surface area (Å²) in [6.07, 6.45) is 1.78. The molecule has 0 aliphatic rings. The number of rotatable bonds is 5. The molecule has 0 amide bonds. The highest BCUT2D eigenvalue weighted by Gasteiger charge is 2.26. The van der Waals surface area contributed by atoms with Gasteiger partial charge in [-0.05, 0) is 13.8 Å². The van der Waals surface area contributed by atoms with Crippen LogP contribution in [0.3, 0.4) is 0 Å². The summed E-state index contributed by atoms with van der Waals surface area (Å²) in [5.41, 5.74) is 1.05. The second-order valence-corrected chi connectivity index (χ2v) is 4.73. The van der Waals surface area contributed by atoms with E-state index in [1.165, 1.54) is 0 Å². The molecule has 0 fully saturated rings. The number of carboxylic acids is 1. The minimum Gasteiger partial charge on any atom is -0.481 e. The zero-order valence-corrected chi connectivity index (χ0v) is 9.10. The monoisotopic (exact) mass is 214 g/mol. The first-order valence-electron chi connectivity index (χ1n) is 4.34. The van der Waals surface area contributed by atoms with Gasteiger partial charge in [-0.25, -0.2) is 0 Å². The van der Waals surface area contributed by atoms with Crippen molar-refractivity contribution in [1.82, 2.24) is 10.3 Å². The molecule has 78 valence electrons. The maximum Gasteiger partial charge on any atom is 0.310 e. The molecule has 1 aromatic heterocycles. The molecule has 0 aromatic carbocycles. The zero-order chi connectivity index (χ0) is 10.6. The molecule has 0 radical (unpaired) electrons. The quantitative estimate of drug-likeness (QED) is 0.776. The summed E-state index contributed by atoms with van der Waals surface area (Å²) in [6, 6.07) is 0. The van der Waals surface area contributed by atoms with Crippen LogP contribution in [0.25, 0.3) is 0 Å². The lowest BCUT2D eigenvalue weighted by atomic mass is 9.94. The van der Waals surface area contributed by atoms with Crippen molar-refractivity contribution in [3.63, 3.8) is 0 Å². The second-order valence-electron chi connectivity index (χ2n) is 3.76. The summed E-state index contributed by atoms with van der Waals surface area (Å²) in [5, 5.41) is 11.9. The van der Waals surface area contributed by atoms with Gasteiger partial charge < -0.3 is 10.4 Å². The maximum atomic E-state index is 10.8. The van der Waals surface area contributed by atoms with Crippen LogP contribution >= 0.6 is 11.3 Å². The highest BCUT2D eigenvalue weighted by molar-refractivity contribution is 7.09. The van der Waals surface area contributed by atoms with Gasteiger partial charge in [-0.1, -0.05) is 0 Å². The number of thiazole rings is 1. The van der Waals surface area contributed by atoms with Gasteiger partial charge in [0, 0.05) is 24.2 Å². The van der Waals surface area contributed by atoms with E-state index in [-0.39, 0.29) is 0 Å². The lowest BCUT2D eigenvalue weighted by Crippen LogP contribution is -2.35. The Labute approximate surface area is 87.0 Å². The zero-order valence-electron chi connectivity index (χ0n) is 8.28. The Kier molecular flexibility index (Phi) is 3.60. The van der Waals surface area contributed by atoms with Crippen molar-refractivity contribution in [2.75, 3.05) is 6.54 Å². The third-order valence-corrected chi connectivity index (χ3v) is 2.71. The number of nitrogens with one attached hydrogen (secondary N) is 1. The van der Waals surface area contributed by atoms with Crippen molar-refractivity contribution in [3.05, 3.63) is 16.6 Å². The van der Waals surface area contributed by atoms with Gasteiger partial charge in [0.25, 0.3) is 0 Å². The van der Waals surface area contributed by atoms with Crippen LogP contribution in [0.4, 0.5) is 0 Å². The first kappa shape index (κ1) is 11.1. The summed E-state index contributed by atoms with van der Waals surface area (Å²) in [5.74, 6) is -0.783. The highest BCUT2D eigenvalue weighted by atomic mass is 32.1. The molecule has 1 heterocycles. The van der Waals surface area contributed by atoms with E-state index in [1.807, 2.05) is 0 Å². The number of aliphatic carboxylic acids is 1. The fourth-order valence-electron chi connectivity index (χ4n) is 0.903. The summed E-state index contributed by atoms with van der Waals surface area (Å²) in [4.78, 5) is 15.8. The van der Waals surface area contributed by atoms with Crippen LogP contribution in [0.15, 0.2) is 11.7 Å². The van der Waals surface area contributed by atoms with Gasteiger partial charge in [-0.3, -0.25) is 9.78 Å². The predicted octanol–water partition coefficient (Wildman–Crippen LogP) is 1.34. The van der Waals surface area contributed by atoms with Gasteiger partial charge in [0.05, 0.1) is 10.9 Å². The summed E-state index contributed by atoms with van der Waals surface area (Å²) < 4.78 is 0. The average Bonchev–Trinajstić information content (AvgIpc) is 2.56. The van der Waals surface area contributed by atoms with E-state index in [9.17, 15) is 4.79 Å². The Morgan fingerprint density at radius 3 is 2.93 bits per heavy atom. The highest BCUT2D eigenvalue weighted by Crippen LogP contribution is 2.13. The van der Waals surface area contributed by atoms with Crippen LogP contribution in [-0.4, -0.2) is 22.6 Å². The smallest absolute Gasteiger partial charge is 0.310 e. The van der Waals surface area contributed by atoms with E-state index < -0.39 is 11.4 Å². The Bertz CT molecular complexity index is 296. The van der Waals surface area contributed by atoms with Crippen molar-refractivity contribution >= 4 is 17.3 Å². The standard InChI is InChI=1S/C9H14N2O2S/c1-9(2,8(12)13)5-10-3-7-4-11-6-14-7/h4,6,10H,3,5H2,1-2H3,(H,12,13). The molecular formula is C9H14N2O2S. The van der Waals surface area contributed by atoms with E-state index in [2.05, 4.69) is 10.3 Å². The number of hydrogen-bond acceptors (Lipinski definition) is 4. The lowest BCUT2D eigenvalue weighted by Gasteiger charge is -2.19. The predicted molar refractivity (Wildman–Crippen MR) is 55.2 cm³/mol. The Hall–Kier alpha value is -0.940. The Morgan fingerprint density at radius 1 is 1.71 bits per heavy atom. The van der Waals surface area contributed by atoms with Crippen LogP contribution in [-0.2, 0) is 11.3 Å². The molecule has 0 bridgehead atoms. The molecule has 2 N–H and O–H groups in total. The largest absolute Gasteiger partial charge is 0.481 e. The third kappa shape index (κ3) is 3.08. The van der Waals surface area contributed by atoms with Crippen LogP contribution < -0.4 is 5.32 Å². The van der Waals surface area contributed by atoms with Gasteiger partial charge in [0.1, 0.15) is 0 Å². The van der Waals surface area contributed by atoms with Crippen LogP contribution in [0.2, 0.25) is 0 Å². The van der Waals surface area contributed by atoms with Crippen molar-refractivity contribution in [2.45, 2.75) is 20.4 Å². The number of carbonyl (C=O) groups is 1. The normalized spacial score (nSPS) is 11.6. The molecule has 0 aliphatic carbocycles. The van der Waals surface area contributed by atoms with Crippen molar-refractivity contribution in [2.24, 2.45) is 5.41 Å². The van der Waals surface area contributed by atoms with E-state index in [1.54, 1.807) is 36.9 Å². The van der Waals surface area contributed by atoms with Gasteiger partial charge in [-0.15, -0.1) is 11.3 Å². The molecule has 0 saturated heterocycles. The number of nitrogens with zero attached hydrogens (tertiary/aromatic N) is 1. The summed E-state index contributed by atoms with van der Waals surface area (Å²) in [6.45, 7) is 4.55. The van der Waals surface area contributed by atoms with Crippen LogP contribution in [0.1, 0.15) is 18.7 Å². The Morgan fingerprint density at radius 2 is 2.43 bits per heavy atom. The minimum absolute atomic E-state index is 0.459. The van der Waals surface area contributed by atoms with Gasteiger partial charge in [0.2, 0.25) is 0 Å².